The molecule has 5 heteroatoms. The number of aromatic nitrogens is 1. The minimum Gasteiger partial charge on any atom is -0.408 e. The number of nitrogens with one attached hydrogen (secondary N) is 1. The summed E-state index contributed by atoms with van der Waals surface area (Å²) in [6.45, 7) is 0.474. The molecule has 0 aliphatic rings. The number of fused-ring (bicyclic) bond motifs is 1. The highest BCUT2D eigenvalue weighted by molar-refractivity contribution is 5.73. The van der Waals surface area contributed by atoms with Crippen LogP contribution in [0.2, 0.25) is 0 Å². The van der Waals surface area contributed by atoms with Gasteiger partial charge in [-0.2, -0.15) is 0 Å². The van der Waals surface area contributed by atoms with Gasteiger partial charge in [-0.1, -0.05) is 6.07 Å². The second kappa shape index (κ2) is 3.88. The average Bonchev–Trinajstić information content (AvgIpc) is 2.52. The van der Waals surface area contributed by atoms with E-state index in [4.69, 9.17) is 9.52 Å². The Bertz CT molecular complexity index is 527. The molecule has 0 aliphatic heterocycles. The number of aliphatic hydroxyl groups excluding tert-OH is 1. The van der Waals surface area contributed by atoms with Gasteiger partial charge in [-0.05, 0) is 17.7 Å². The minimum atomic E-state index is -0.364. The van der Waals surface area contributed by atoms with Crippen LogP contribution in [0.5, 0.6) is 0 Å². The summed E-state index contributed by atoms with van der Waals surface area (Å²) in [6.07, 6.45) is 0. The van der Waals surface area contributed by atoms with Gasteiger partial charge in [0.25, 0.3) is 0 Å². The molecule has 1 aromatic heterocycles. The van der Waals surface area contributed by atoms with Crippen LogP contribution in [0.4, 0.5) is 0 Å². The minimum absolute atomic E-state index is 0.0726. The van der Waals surface area contributed by atoms with Crippen LogP contribution >= 0.6 is 0 Å². The molecule has 0 amide bonds. The third kappa shape index (κ3) is 1.79. The van der Waals surface area contributed by atoms with Gasteiger partial charge in [0, 0.05) is 13.6 Å². The Kier molecular flexibility index (Phi) is 2.57. The van der Waals surface area contributed by atoms with Gasteiger partial charge in [0.15, 0.2) is 5.58 Å². The molecule has 0 saturated heterocycles. The lowest BCUT2D eigenvalue weighted by molar-refractivity contribution is 0.259. The van der Waals surface area contributed by atoms with Crippen molar-refractivity contribution < 1.29 is 9.52 Å². The molecule has 80 valence electrons. The summed E-state index contributed by atoms with van der Waals surface area (Å²) in [7, 11) is 1.67. The summed E-state index contributed by atoms with van der Waals surface area (Å²) in [5.41, 5.74) is 2.30. The fourth-order valence-corrected chi connectivity index (χ4v) is 1.49. The summed E-state index contributed by atoms with van der Waals surface area (Å²) in [6, 6.07) is 5.51. The summed E-state index contributed by atoms with van der Waals surface area (Å²) in [5.74, 6) is -0.364. The monoisotopic (exact) mass is 208 g/mol. The molecule has 0 spiro atoms. The highest BCUT2D eigenvalue weighted by Crippen LogP contribution is 2.13. The fourth-order valence-electron chi connectivity index (χ4n) is 1.49. The lowest BCUT2D eigenvalue weighted by atomic mass is 10.2. The maximum atomic E-state index is 11.2. The first-order valence-electron chi connectivity index (χ1n) is 4.62. The quantitative estimate of drug-likeness (QED) is 0.706. The van der Waals surface area contributed by atoms with Crippen LogP contribution in [0, 0.1) is 0 Å². The maximum Gasteiger partial charge on any atom is 0.419 e. The SMILES string of the molecule is Cn1c(=O)oc2cc(CNCO)ccc21. The molecule has 0 aliphatic carbocycles. The third-order valence-electron chi connectivity index (χ3n) is 2.30. The van der Waals surface area contributed by atoms with Gasteiger partial charge in [-0.15, -0.1) is 0 Å². The zero-order valence-electron chi connectivity index (χ0n) is 8.36. The molecular weight excluding hydrogens is 196 g/mol. The average molecular weight is 208 g/mol. The molecule has 2 N–H and O–H groups in total. The zero-order valence-corrected chi connectivity index (χ0v) is 8.36. The molecule has 0 saturated carbocycles. The number of aliphatic hydroxyl groups is 1. The molecule has 0 atom stereocenters. The number of benzene rings is 1. The Morgan fingerprint density at radius 1 is 1.53 bits per heavy atom. The van der Waals surface area contributed by atoms with E-state index in [1.807, 2.05) is 12.1 Å². The lowest BCUT2D eigenvalue weighted by Crippen LogP contribution is -2.13. The van der Waals surface area contributed by atoms with E-state index in [2.05, 4.69) is 5.32 Å². The normalized spacial score (nSPS) is 11.1. The highest BCUT2D eigenvalue weighted by Gasteiger charge is 2.05. The van der Waals surface area contributed by atoms with Crippen molar-refractivity contribution in [3.8, 4) is 0 Å². The number of rotatable bonds is 3. The van der Waals surface area contributed by atoms with E-state index < -0.39 is 0 Å². The van der Waals surface area contributed by atoms with E-state index >= 15 is 0 Å². The van der Waals surface area contributed by atoms with Gasteiger partial charge in [-0.3, -0.25) is 9.88 Å². The van der Waals surface area contributed by atoms with E-state index in [1.54, 1.807) is 13.1 Å². The van der Waals surface area contributed by atoms with Crippen LogP contribution in [0.1, 0.15) is 5.56 Å². The number of oxazole rings is 1. The third-order valence-corrected chi connectivity index (χ3v) is 2.30. The predicted molar refractivity (Wildman–Crippen MR) is 55.4 cm³/mol. The molecule has 5 nitrogen and oxygen atoms in total. The largest absolute Gasteiger partial charge is 0.419 e. The van der Waals surface area contributed by atoms with Crippen molar-refractivity contribution in [1.29, 1.82) is 0 Å². The van der Waals surface area contributed by atoms with Gasteiger partial charge in [0.2, 0.25) is 0 Å². The predicted octanol–water partition coefficient (Wildman–Crippen LogP) is 0.171. The Hall–Kier alpha value is -1.59. The molecular formula is C10H12N2O3. The number of nitrogens with zero attached hydrogens (tertiary/aromatic N) is 1. The van der Waals surface area contributed by atoms with Gasteiger partial charge >= 0.3 is 5.76 Å². The van der Waals surface area contributed by atoms with Crippen LogP contribution in [0.15, 0.2) is 27.4 Å². The molecule has 0 unspecified atom stereocenters. The van der Waals surface area contributed by atoms with E-state index in [1.165, 1.54) is 4.57 Å². The van der Waals surface area contributed by atoms with Crippen molar-refractivity contribution >= 4 is 11.1 Å². The second-order valence-electron chi connectivity index (χ2n) is 3.31. The topological polar surface area (TPSA) is 67.4 Å². The Morgan fingerprint density at radius 3 is 3.07 bits per heavy atom. The Labute approximate surface area is 85.9 Å². The van der Waals surface area contributed by atoms with Gasteiger partial charge in [-0.25, -0.2) is 4.79 Å². The molecule has 15 heavy (non-hydrogen) atoms. The van der Waals surface area contributed by atoms with Crippen molar-refractivity contribution in [1.82, 2.24) is 9.88 Å². The summed E-state index contributed by atoms with van der Waals surface area (Å²) in [5, 5.41) is 11.4. The van der Waals surface area contributed by atoms with Crippen molar-refractivity contribution in [2.75, 3.05) is 6.73 Å². The van der Waals surface area contributed by atoms with Crippen molar-refractivity contribution in [2.24, 2.45) is 7.05 Å². The van der Waals surface area contributed by atoms with Crippen molar-refractivity contribution in [3.05, 3.63) is 34.3 Å². The molecule has 2 rings (SSSR count). The van der Waals surface area contributed by atoms with E-state index in [9.17, 15) is 4.79 Å². The van der Waals surface area contributed by atoms with Crippen LogP contribution < -0.4 is 11.1 Å². The first-order valence-corrected chi connectivity index (χ1v) is 4.62. The van der Waals surface area contributed by atoms with Gasteiger partial charge in [0.1, 0.15) is 0 Å². The summed E-state index contributed by atoms with van der Waals surface area (Å²) >= 11 is 0. The molecule has 0 bridgehead atoms. The van der Waals surface area contributed by atoms with Crippen LogP contribution in [-0.2, 0) is 13.6 Å². The molecule has 2 aromatic rings. The smallest absolute Gasteiger partial charge is 0.408 e. The fraction of sp³-hybridized carbons (Fsp3) is 0.300. The van der Waals surface area contributed by atoms with E-state index in [0.717, 1.165) is 11.1 Å². The summed E-state index contributed by atoms with van der Waals surface area (Å²) < 4.78 is 6.49. The zero-order chi connectivity index (χ0) is 10.8. The van der Waals surface area contributed by atoms with Gasteiger partial charge < -0.3 is 9.52 Å². The number of aryl methyl sites for hydroxylation is 1. The van der Waals surface area contributed by atoms with E-state index in [-0.39, 0.29) is 12.5 Å². The number of hydrogen-bond donors (Lipinski definition) is 2. The Balaban J connectivity index is 2.43. The molecule has 0 radical (unpaired) electrons. The van der Waals surface area contributed by atoms with Crippen molar-refractivity contribution in [2.45, 2.75) is 6.54 Å². The standard InChI is InChI=1S/C10H12N2O3/c1-12-8-3-2-7(5-11-6-13)4-9(8)15-10(12)14/h2-4,11,13H,5-6H2,1H3. The lowest BCUT2D eigenvalue weighted by Gasteiger charge is -2.00. The van der Waals surface area contributed by atoms with Crippen LogP contribution in [0.25, 0.3) is 11.1 Å². The van der Waals surface area contributed by atoms with Crippen molar-refractivity contribution in [3.63, 3.8) is 0 Å². The number of hydrogen-bond acceptors (Lipinski definition) is 4. The molecule has 1 aromatic carbocycles. The molecule has 0 fully saturated rings. The van der Waals surface area contributed by atoms with Crippen LogP contribution in [0.3, 0.4) is 0 Å². The summed E-state index contributed by atoms with van der Waals surface area (Å²) in [4.78, 5) is 11.2. The van der Waals surface area contributed by atoms with E-state index in [0.29, 0.717) is 12.1 Å². The first-order chi connectivity index (χ1) is 7.22. The first kappa shape index (κ1) is 9.95. The maximum absolute atomic E-state index is 11.2. The van der Waals surface area contributed by atoms with Crippen LogP contribution in [-0.4, -0.2) is 16.4 Å². The second-order valence-corrected chi connectivity index (χ2v) is 3.31. The molecule has 1 heterocycles. The highest BCUT2D eigenvalue weighted by atomic mass is 16.4. The van der Waals surface area contributed by atoms with Gasteiger partial charge in [0.05, 0.1) is 12.2 Å². The Morgan fingerprint density at radius 2 is 2.33 bits per heavy atom.